The van der Waals surface area contributed by atoms with Crippen LogP contribution in [0.25, 0.3) is 0 Å². The highest BCUT2D eigenvalue weighted by Crippen LogP contribution is 2.34. The second-order valence-electron chi connectivity index (χ2n) is 6.31. The van der Waals surface area contributed by atoms with Crippen molar-refractivity contribution in [3.63, 3.8) is 0 Å². The molecule has 0 fully saturated rings. The van der Waals surface area contributed by atoms with E-state index < -0.39 is 15.4 Å². The molecule has 21 heavy (non-hydrogen) atoms. The van der Waals surface area contributed by atoms with Crippen molar-refractivity contribution in [2.75, 3.05) is 21.9 Å². The number of nitrogens with zero attached hydrogens (tertiary/aromatic N) is 1. The zero-order valence-corrected chi connectivity index (χ0v) is 13.8. The number of amides is 1. The average Bonchev–Trinajstić information content (AvgIpc) is 2.79. The molecule has 1 aliphatic heterocycles. The molecule has 0 radical (unpaired) electrons. The van der Waals surface area contributed by atoms with Gasteiger partial charge in [-0.25, -0.2) is 8.42 Å². The summed E-state index contributed by atoms with van der Waals surface area (Å²) in [5, 5.41) is 0. The van der Waals surface area contributed by atoms with Crippen LogP contribution >= 0.6 is 0 Å². The van der Waals surface area contributed by atoms with Gasteiger partial charge in [0, 0.05) is 17.6 Å². The van der Waals surface area contributed by atoms with Crippen LogP contribution in [-0.2, 0) is 21.2 Å². The highest BCUT2D eigenvalue weighted by molar-refractivity contribution is 7.92. The second kappa shape index (κ2) is 5.33. The van der Waals surface area contributed by atoms with Crippen LogP contribution in [0.5, 0.6) is 0 Å². The van der Waals surface area contributed by atoms with Gasteiger partial charge in [0.1, 0.15) is 0 Å². The quantitative estimate of drug-likeness (QED) is 0.932. The molecule has 2 rings (SSSR count). The Bertz CT molecular complexity index is 660. The third-order valence-corrected chi connectivity index (χ3v) is 4.83. The maximum Gasteiger partial charge on any atom is 0.232 e. The fourth-order valence-electron chi connectivity index (χ4n) is 2.31. The summed E-state index contributed by atoms with van der Waals surface area (Å²) in [6.07, 6.45) is 0.804. The molecule has 0 saturated heterocycles. The first kappa shape index (κ1) is 15.8. The standard InChI is InChI=1S/C15H22N2O3S/c1-5-21(19,20)16-12-7-6-11-8-9-17(13(11)10-12)14(18)15(2,3)4/h6-7,10,16H,5,8-9H2,1-4H3. The maximum atomic E-state index is 12.5. The van der Waals surface area contributed by atoms with Crippen molar-refractivity contribution >= 4 is 27.3 Å². The van der Waals surface area contributed by atoms with Crippen LogP contribution in [0.3, 0.4) is 0 Å². The number of carbonyl (C=O) groups is 1. The van der Waals surface area contributed by atoms with Crippen LogP contribution in [-0.4, -0.2) is 26.6 Å². The van der Waals surface area contributed by atoms with Crippen molar-refractivity contribution in [1.29, 1.82) is 0 Å². The molecule has 0 bridgehead atoms. The third-order valence-electron chi connectivity index (χ3n) is 3.52. The summed E-state index contributed by atoms with van der Waals surface area (Å²) >= 11 is 0. The lowest BCUT2D eigenvalue weighted by Gasteiger charge is -2.26. The molecule has 0 saturated carbocycles. The number of hydrogen-bond donors (Lipinski definition) is 1. The van der Waals surface area contributed by atoms with Gasteiger partial charge < -0.3 is 4.90 Å². The Labute approximate surface area is 126 Å². The molecule has 6 heteroatoms. The Morgan fingerprint density at radius 2 is 2.00 bits per heavy atom. The van der Waals surface area contributed by atoms with Gasteiger partial charge >= 0.3 is 0 Å². The molecule has 1 N–H and O–H groups in total. The van der Waals surface area contributed by atoms with E-state index in [1.165, 1.54) is 0 Å². The Morgan fingerprint density at radius 3 is 2.57 bits per heavy atom. The molecule has 5 nitrogen and oxygen atoms in total. The first-order valence-electron chi connectivity index (χ1n) is 7.09. The molecule has 0 unspecified atom stereocenters. The third kappa shape index (κ3) is 3.37. The first-order chi connectivity index (χ1) is 9.64. The lowest BCUT2D eigenvalue weighted by Crippen LogP contribution is -2.38. The SMILES string of the molecule is CCS(=O)(=O)Nc1ccc2c(c1)N(C(=O)C(C)(C)C)CC2. The van der Waals surface area contributed by atoms with Crippen LogP contribution in [0.4, 0.5) is 11.4 Å². The van der Waals surface area contributed by atoms with Gasteiger partial charge in [-0.1, -0.05) is 26.8 Å². The number of sulfonamides is 1. The smallest absolute Gasteiger partial charge is 0.232 e. The van der Waals surface area contributed by atoms with E-state index in [2.05, 4.69) is 4.72 Å². The van der Waals surface area contributed by atoms with Crippen molar-refractivity contribution in [1.82, 2.24) is 0 Å². The molecule has 0 atom stereocenters. The van der Waals surface area contributed by atoms with E-state index in [1.807, 2.05) is 26.8 Å². The summed E-state index contributed by atoms with van der Waals surface area (Å²) in [5.74, 6) is 0.0751. The molecule has 0 aromatic heterocycles. The Morgan fingerprint density at radius 1 is 1.33 bits per heavy atom. The summed E-state index contributed by atoms with van der Waals surface area (Å²) in [7, 11) is -3.31. The summed E-state index contributed by atoms with van der Waals surface area (Å²) in [5.41, 5.74) is 1.93. The van der Waals surface area contributed by atoms with Gasteiger partial charge in [0.15, 0.2) is 0 Å². The zero-order chi connectivity index (χ0) is 15.8. The van der Waals surface area contributed by atoms with E-state index in [0.29, 0.717) is 12.2 Å². The first-order valence-corrected chi connectivity index (χ1v) is 8.74. The Balaban J connectivity index is 2.33. The Kier molecular flexibility index (Phi) is 4.02. The summed E-state index contributed by atoms with van der Waals surface area (Å²) in [6.45, 7) is 7.89. The minimum Gasteiger partial charge on any atom is -0.311 e. The van der Waals surface area contributed by atoms with Crippen LogP contribution in [0.2, 0.25) is 0 Å². The van der Waals surface area contributed by atoms with Gasteiger partial charge in [-0.3, -0.25) is 9.52 Å². The molecule has 116 valence electrons. The van der Waals surface area contributed by atoms with Crippen molar-refractivity contribution in [3.05, 3.63) is 23.8 Å². The van der Waals surface area contributed by atoms with E-state index >= 15 is 0 Å². The summed E-state index contributed by atoms with van der Waals surface area (Å²) < 4.78 is 25.8. The normalized spacial score (nSPS) is 15.0. The highest BCUT2D eigenvalue weighted by atomic mass is 32.2. The van der Waals surface area contributed by atoms with E-state index in [4.69, 9.17) is 0 Å². The van der Waals surface area contributed by atoms with Gasteiger partial charge in [0.05, 0.1) is 11.4 Å². The number of benzene rings is 1. The van der Waals surface area contributed by atoms with E-state index in [0.717, 1.165) is 17.7 Å². The van der Waals surface area contributed by atoms with Crippen LogP contribution < -0.4 is 9.62 Å². The fraction of sp³-hybridized carbons (Fsp3) is 0.533. The largest absolute Gasteiger partial charge is 0.311 e. The van der Waals surface area contributed by atoms with E-state index in [-0.39, 0.29) is 11.7 Å². The second-order valence-corrected chi connectivity index (χ2v) is 8.32. The Hall–Kier alpha value is -1.56. The molecular weight excluding hydrogens is 288 g/mol. The van der Waals surface area contributed by atoms with E-state index in [1.54, 1.807) is 24.0 Å². The number of rotatable bonds is 3. The fourth-order valence-corrected chi connectivity index (χ4v) is 2.94. The van der Waals surface area contributed by atoms with Crippen LogP contribution in [0, 0.1) is 5.41 Å². The van der Waals surface area contributed by atoms with Crippen molar-refractivity contribution in [3.8, 4) is 0 Å². The van der Waals surface area contributed by atoms with Gasteiger partial charge in [0.2, 0.25) is 15.9 Å². The number of anilines is 2. The topological polar surface area (TPSA) is 66.5 Å². The minimum atomic E-state index is -3.31. The monoisotopic (exact) mass is 310 g/mol. The molecule has 0 aliphatic carbocycles. The van der Waals surface area contributed by atoms with Gasteiger partial charge in [-0.15, -0.1) is 0 Å². The lowest BCUT2D eigenvalue weighted by molar-refractivity contribution is -0.125. The van der Waals surface area contributed by atoms with Crippen LogP contribution in [0.1, 0.15) is 33.3 Å². The molecule has 1 aliphatic rings. The van der Waals surface area contributed by atoms with Crippen LogP contribution in [0.15, 0.2) is 18.2 Å². The van der Waals surface area contributed by atoms with Gasteiger partial charge in [0.25, 0.3) is 0 Å². The highest BCUT2D eigenvalue weighted by Gasteiger charge is 2.32. The van der Waals surface area contributed by atoms with Gasteiger partial charge in [-0.05, 0) is 31.0 Å². The maximum absolute atomic E-state index is 12.5. The van der Waals surface area contributed by atoms with Crippen molar-refractivity contribution in [2.45, 2.75) is 34.1 Å². The van der Waals surface area contributed by atoms with Crippen molar-refractivity contribution in [2.24, 2.45) is 5.41 Å². The van der Waals surface area contributed by atoms with Crippen molar-refractivity contribution < 1.29 is 13.2 Å². The summed E-state index contributed by atoms with van der Waals surface area (Å²) in [6, 6.07) is 5.38. The lowest BCUT2D eigenvalue weighted by atomic mass is 9.94. The predicted molar refractivity (Wildman–Crippen MR) is 85.0 cm³/mol. The zero-order valence-electron chi connectivity index (χ0n) is 12.9. The number of hydrogen-bond acceptors (Lipinski definition) is 3. The number of nitrogens with one attached hydrogen (secondary N) is 1. The van der Waals surface area contributed by atoms with E-state index in [9.17, 15) is 13.2 Å². The van der Waals surface area contributed by atoms with Gasteiger partial charge in [-0.2, -0.15) is 0 Å². The molecule has 1 aromatic rings. The minimum absolute atomic E-state index is 0.0225. The number of fused-ring (bicyclic) bond motifs is 1. The summed E-state index contributed by atoms with van der Waals surface area (Å²) in [4.78, 5) is 14.2. The average molecular weight is 310 g/mol. The predicted octanol–water partition coefficient (Wildman–Crippen LogP) is 2.38. The molecule has 1 amide bonds. The molecule has 1 aromatic carbocycles. The molecule has 1 heterocycles. The molecular formula is C15H22N2O3S. The number of carbonyl (C=O) groups excluding carboxylic acids is 1. The molecule has 0 spiro atoms.